The molecule has 0 aliphatic heterocycles. The Balaban J connectivity index is 1.65. The normalized spacial score (nSPS) is 15.7. The fourth-order valence-corrected chi connectivity index (χ4v) is 3.15. The number of rotatable bonds is 4. The molecule has 29 heavy (non-hydrogen) atoms. The Morgan fingerprint density at radius 1 is 1.24 bits per heavy atom. The molecule has 1 saturated carbocycles. The van der Waals surface area contributed by atoms with Gasteiger partial charge in [-0.1, -0.05) is 13.8 Å². The number of fused-ring (bicyclic) bond motifs is 1. The monoisotopic (exact) mass is 406 g/mol. The lowest BCUT2D eigenvalue weighted by molar-refractivity contribution is -0.189. The van der Waals surface area contributed by atoms with Crippen LogP contribution in [0.1, 0.15) is 38.2 Å². The molecule has 152 valence electrons. The van der Waals surface area contributed by atoms with Crippen molar-refractivity contribution in [3.63, 3.8) is 0 Å². The fraction of sp³-hybridized carbons (Fsp3) is 0.350. The molecule has 2 aromatic heterocycles. The van der Waals surface area contributed by atoms with Crippen LogP contribution in [0.15, 0.2) is 36.7 Å². The Bertz CT molecular complexity index is 1100. The number of amides is 1. The number of pyridine rings is 1. The molecule has 0 bridgehead atoms. The first-order valence-electron chi connectivity index (χ1n) is 9.14. The summed E-state index contributed by atoms with van der Waals surface area (Å²) in [6.45, 7) is 4.04. The van der Waals surface area contributed by atoms with Gasteiger partial charge in [-0.15, -0.1) is 5.10 Å². The first-order valence-corrected chi connectivity index (χ1v) is 9.14. The number of alkyl halides is 3. The molecule has 4 rings (SSSR count). The fourth-order valence-electron chi connectivity index (χ4n) is 3.15. The summed E-state index contributed by atoms with van der Waals surface area (Å²) in [5.74, 6) is -1.50. The maximum atomic E-state index is 14.4. The average molecular weight is 406 g/mol. The molecule has 3 aromatic rings. The van der Waals surface area contributed by atoms with E-state index >= 15 is 0 Å². The van der Waals surface area contributed by atoms with Crippen LogP contribution >= 0.6 is 0 Å². The van der Waals surface area contributed by atoms with Crippen molar-refractivity contribution in [2.75, 3.05) is 5.32 Å². The van der Waals surface area contributed by atoms with Crippen LogP contribution in [0.4, 0.5) is 23.2 Å². The molecule has 0 unspecified atom stereocenters. The summed E-state index contributed by atoms with van der Waals surface area (Å²) in [4.78, 5) is 16.4. The third kappa shape index (κ3) is 3.34. The van der Waals surface area contributed by atoms with Crippen molar-refractivity contribution in [3.8, 4) is 5.69 Å². The molecule has 9 heteroatoms. The summed E-state index contributed by atoms with van der Waals surface area (Å²) in [6.07, 6.45) is -1.81. The molecular formula is C20H18F4N4O. The smallest absolute Gasteiger partial charge is 0.325 e. The van der Waals surface area contributed by atoms with Gasteiger partial charge < -0.3 is 5.32 Å². The molecule has 1 aliphatic carbocycles. The van der Waals surface area contributed by atoms with Crippen LogP contribution in [0, 0.1) is 11.2 Å². The molecule has 1 aromatic carbocycles. The van der Waals surface area contributed by atoms with Crippen LogP contribution in [-0.2, 0) is 4.79 Å². The molecule has 1 fully saturated rings. The minimum atomic E-state index is -4.61. The van der Waals surface area contributed by atoms with Gasteiger partial charge in [0.05, 0.1) is 0 Å². The average Bonchev–Trinajstić information content (AvgIpc) is 3.37. The van der Waals surface area contributed by atoms with E-state index in [-0.39, 0.29) is 30.1 Å². The summed E-state index contributed by atoms with van der Waals surface area (Å²) < 4.78 is 55.0. The highest BCUT2D eigenvalue weighted by atomic mass is 19.4. The second-order valence-corrected chi connectivity index (χ2v) is 7.61. The first kappa shape index (κ1) is 19.4. The Morgan fingerprint density at radius 2 is 1.97 bits per heavy atom. The van der Waals surface area contributed by atoms with Crippen LogP contribution in [0.3, 0.4) is 0 Å². The molecule has 5 nitrogen and oxygen atoms in total. The van der Waals surface area contributed by atoms with Crippen LogP contribution in [0.25, 0.3) is 16.7 Å². The minimum Gasteiger partial charge on any atom is -0.325 e. The standard InChI is InChI=1S/C20H18F4N4O/c1-11(2)12-7-13-10-28(27-17(13)25-9-12)16-8-14(3-4-15(16)21)26-18(29)19(5-6-19)20(22,23)24/h3-4,7-11H,5-6H2,1-2H3,(H,26,29). The lowest BCUT2D eigenvalue weighted by Gasteiger charge is -2.18. The van der Waals surface area contributed by atoms with E-state index in [4.69, 9.17) is 0 Å². The lowest BCUT2D eigenvalue weighted by atomic mass is 10.1. The Hall–Kier alpha value is -2.97. The van der Waals surface area contributed by atoms with Gasteiger partial charge in [-0.3, -0.25) is 4.79 Å². The predicted octanol–water partition coefficient (Wildman–Crippen LogP) is 4.96. The van der Waals surface area contributed by atoms with Crippen molar-refractivity contribution in [2.45, 2.75) is 38.8 Å². The number of aromatic nitrogens is 3. The number of carbonyl (C=O) groups is 1. The molecule has 0 spiro atoms. The zero-order valence-corrected chi connectivity index (χ0v) is 15.7. The van der Waals surface area contributed by atoms with Crippen molar-refractivity contribution in [1.29, 1.82) is 0 Å². The number of hydrogen-bond donors (Lipinski definition) is 1. The van der Waals surface area contributed by atoms with Gasteiger partial charge in [0.15, 0.2) is 5.65 Å². The number of carbonyl (C=O) groups excluding carboxylic acids is 1. The number of halogens is 4. The molecule has 1 N–H and O–H groups in total. The Morgan fingerprint density at radius 3 is 2.59 bits per heavy atom. The van der Waals surface area contributed by atoms with E-state index in [0.29, 0.717) is 11.0 Å². The van der Waals surface area contributed by atoms with E-state index in [1.165, 1.54) is 16.8 Å². The number of anilines is 1. The van der Waals surface area contributed by atoms with E-state index in [1.54, 1.807) is 12.4 Å². The van der Waals surface area contributed by atoms with E-state index in [9.17, 15) is 22.4 Å². The highest BCUT2D eigenvalue weighted by molar-refractivity contribution is 5.98. The predicted molar refractivity (Wildman–Crippen MR) is 99.3 cm³/mol. The second kappa shape index (κ2) is 6.53. The van der Waals surface area contributed by atoms with Gasteiger partial charge in [0, 0.05) is 23.5 Å². The quantitative estimate of drug-likeness (QED) is 0.623. The van der Waals surface area contributed by atoms with Gasteiger partial charge in [0.25, 0.3) is 0 Å². The lowest BCUT2D eigenvalue weighted by Crippen LogP contribution is -2.37. The van der Waals surface area contributed by atoms with Gasteiger partial charge in [0.1, 0.15) is 16.9 Å². The molecular weight excluding hydrogens is 388 g/mol. The molecule has 1 amide bonds. The zero-order valence-electron chi connectivity index (χ0n) is 15.7. The van der Waals surface area contributed by atoms with E-state index < -0.39 is 23.3 Å². The van der Waals surface area contributed by atoms with E-state index in [2.05, 4.69) is 15.4 Å². The summed E-state index contributed by atoms with van der Waals surface area (Å²) >= 11 is 0. The number of hydrogen-bond acceptors (Lipinski definition) is 3. The van der Waals surface area contributed by atoms with Gasteiger partial charge in [0.2, 0.25) is 5.91 Å². The Kier molecular flexibility index (Phi) is 4.36. The van der Waals surface area contributed by atoms with E-state index in [0.717, 1.165) is 11.6 Å². The molecule has 0 saturated heterocycles. The van der Waals surface area contributed by atoms with Gasteiger partial charge >= 0.3 is 6.18 Å². The van der Waals surface area contributed by atoms with Crippen LogP contribution < -0.4 is 5.32 Å². The third-order valence-electron chi connectivity index (χ3n) is 5.22. The van der Waals surface area contributed by atoms with Crippen molar-refractivity contribution in [1.82, 2.24) is 14.8 Å². The van der Waals surface area contributed by atoms with Gasteiger partial charge in [-0.25, -0.2) is 14.1 Å². The van der Waals surface area contributed by atoms with Crippen molar-refractivity contribution in [2.24, 2.45) is 5.41 Å². The molecule has 0 radical (unpaired) electrons. The van der Waals surface area contributed by atoms with Crippen molar-refractivity contribution < 1.29 is 22.4 Å². The molecule has 1 aliphatic rings. The molecule has 2 heterocycles. The van der Waals surface area contributed by atoms with Crippen LogP contribution in [-0.4, -0.2) is 26.8 Å². The molecule has 0 atom stereocenters. The van der Waals surface area contributed by atoms with Crippen molar-refractivity contribution >= 4 is 22.6 Å². The number of nitrogens with zero attached hydrogens (tertiary/aromatic N) is 3. The summed E-state index contributed by atoms with van der Waals surface area (Å²) in [5, 5.41) is 7.21. The first-order chi connectivity index (χ1) is 13.6. The van der Waals surface area contributed by atoms with Gasteiger partial charge in [-0.2, -0.15) is 13.2 Å². The maximum absolute atomic E-state index is 14.4. The van der Waals surface area contributed by atoms with Gasteiger partial charge in [-0.05, 0) is 48.6 Å². The van der Waals surface area contributed by atoms with Crippen molar-refractivity contribution in [3.05, 3.63) is 48.0 Å². The minimum absolute atomic E-state index is 0.00347. The van der Waals surface area contributed by atoms with Crippen LogP contribution in [0.5, 0.6) is 0 Å². The number of benzene rings is 1. The zero-order chi connectivity index (χ0) is 21.0. The highest BCUT2D eigenvalue weighted by Crippen LogP contribution is 2.58. The summed E-state index contributed by atoms with van der Waals surface area (Å²) in [5.41, 5.74) is -0.863. The summed E-state index contributed by atoms with van der Waals surface area (Å²) in [6, 6.07) is 5.47. The topological polar surface area (TPSA) is 59.8 Å². The third-order valence-corrected chi connectivity index (χ3v) is 5.22. The number of nitrogens with one attached hydrogen (secondary N) is 1. The summed E-state index contributed by atoms with van der Waals surface area (Å²) in [7, 11) is 0. The second-order valence-electron chi connectivity index (χ2n) is 7.61. The van der Waals surface area contributed by atoms with E-state index in [1.807, 2.05) is 19.9 Å². The maximum Gasteiger partial charge on any atom is 0.403 e. The SMILES string of the molecule is CC(C)c1cnc2nn(-c3cc(NC(=O)C4(C(F)(F)F)CC4)ccc3F)cc2c1. The largest absolute Gasteiger partial charge is 0.403 e. The highest BCUT2D eigenvalue weighted by Gasteiger charge is 2.68. The van der Waals surface area contributed by atoms with Crippen LogP contribution in [0.2, 0.25) is 0 Å². The Labute approximate surface area is 163 Å².